The van der Waals surface area contributed by atoms with Gasteiger partial charge in [0.25, 0.3) is 0 Å². The molecule has 2 rings (SSSR count). The van der Waals surface area contributed by atoms with Gasteiger partial charge in [0.05, 0.1) is 11.1 Å². The van der Waals surface area contributed by atoms with E-state index in [2.05, 4.69) is 18.9 Å². The predicted molar refractivity (Wildman–Crippen MR) is 66.4 cm³/mol. The van der Waals surface area contributed by atoms with Crippen molar-refractivity contribution in [2.75, 3.05) is 13.2 Å². The standard InChI is InChI=1S/C13H20N2O3/c1-10(2)15-6-3-11(14-15)9-13(12(16)17)4-7-18-8-5-13/h3,6,10H,4-5,7-9H2,1-2H3,(H,16,17). The van der Waals surface area contributed by atoms with Gasteiger partial charge in [-0.1, -0.05) is 0 Å². The minimum absolute atomic E-state index is 0.300. The summed E-state index contributed by atoms with van der Waals surface area (Å²) < 4.78 is 7.13. The fourth-order valence-corrected chi connectivity index (χ4v) is 2.33. The first-order chi connectivity index (χ1) is 8.53. The Balaban J connectivity index is 2.15. The molecule has 5 heteroatoms. The van der Waals surface area contributed by atoms with Gasteiger partial charge in [-0.05, 0) is 32.8 Å². The fourth-order valence-electron chi connectivity index (χ4n) is 2.33. The van der Waals surface area contributed by atoms with E-state index in [0.29, 0.717) is 38.5 Å². The van der Waals surface area contributed by atoms with Gasteiger partial charge < -0.3 is 9.84 Å². The Morgan fingerprint density at radius 2 is 2.22 bits per heavy atom. The van der Waals surface area contributed by atoms with E-state index in [4.69, 9.17) is 4.74 Å². The number of aliphatic carboxylic acids is 1. The molecule has 1 saturated heterocycles. The van der Waals surface area contributed by atoms with Crippen molar-refractivity contribution in [3.8, 4) is 0 Å². The third-order valence-corrected chi connectivity index (χ3v) is 3.62. The van der Waals surface area contributed by atoms with Crippen molar-refractivity contribution in [2.24, 2.45) is 5.41 Å². The highest BCUT2D eigenvalue weighted by molar-refractivity contribution is 5.75. The number of rotatable bonds is 4. The molecule has 0 unspecified atom stereocenters. The van der Waals surface area contributed by atoms with Gasteiger partial charge in [0.2, 0.25) is 0 Å². The molecule has 2 heterocycles. The molecule has 0 aromatic carbocycles. The van der Waals surface area contributed by atoms with Gasteiger partial charge in [-0.2, -0.15) is 5.10 Å². The van der Waals surface area contributed by atoms with Crippen LogP contribution in [-0.4, -0.2) is 34.1 Å². The third-order valence-electron chi connectivity index (χ3n) is 3.62. The lowest BCUT2D eigenvalue weighted by molar-refractivity contribution is -0.154. The lowest BCUT2D eigenvalue weighted by Gasteiger charge is -2.32. The van der Waals surface area contributed by atoms with Crippen LogP contribution in [0.25, 0.3) is 0 Å². The second-order valence-electron chi connectivity index (χ2n) is 5.26. The van der Waals surface area contributed by atoms with Crippen LogP contribution in [0.1, 0.15) is 38.4 Å². The van der Waals surface area contributed by atoms with Crippen molar-refractivity contribution < 1.29 is 14.6 Å². The SMILES string of the molecule is CC(C)n1ccc(CC2(C(=O)O)CCOCC2)n1. The Bertz CT molecular complexity index is 420. The summed E-state index contributed by atoms with van der Waals surface area (Å²) >= 11 is 0. The van der Waals surface area contributed by atoms with Gasteiger partial charge in [-0.3, -0.25) is 9.48 Å². The molecule has 1 aromatic rings. The first-order valence-corrected chi connectivity index (χ1v) is 6.39. The molecule has 18 heavy (non-hydrogen) atoms. The maximum Gasteiger partial charge on any atom is 0.310 e. The lowest BCUT2D eigenvalue weighted by atomic mass is 9.76. The van der Waals surface area contributed by atoms with Gasteiger partial charge in [0.1, 0.15) is 0 Å². The number of hydrogen-bond acceptors (Lipinski definition) is 3. The highest BCUT2D eigenvalue weighted by atomic mass is 16.5. The second kappa shape index (κ2) is 5.10. The highest BCUT2D eigenvalue weighted by Gasteiger charge is 2.40. The summed E-state index contributed by atoms with van der Waals surface area (Å²) in [5.41, 5.74) is 0.155. The Hall–Kier alpha value is -1.36. The molecule has 1 N–H and O–H groups in total. The van der Waals surface area contributed by atoms with Crippen LogP contribution in [0.4, 0.5) is 0 Å². The summed E-state index contributed by atoms with van der Waals surface area (Å²) in [6.07, 6.45) is 3.54. The maximum absolute atomic E-state index is 11.5. The van der Waals surface area contributed by atoms with Gasteiger partial charge >= 0.3 is 5.97 Å². The Kier molecular flexibility index (Phi) is 3.71. The third kappa shape index (κ3) is 2.56. The van der Waals surface area contributed by atoms with E-state index >= 15 is 0 Å². The number of carboxylic acids is 1. The summed E-state index contributed by atoms with van der Waals surface area (Å²) in [5.74, 6) is -0.732. The van der Waals surface area contributed by atoms with Crippen LogP contribution in [-0.2, 0) is 16.0 Å². The minimum atomic E-state index is -0.732. The van der Waals surface area contributed by atoms with E-state index in [1.54, 1.807) is 0 Å². The smallest absolute Gasteiger partial charge is 0.310 e. The van der Waals surface area contributed by atoms with Gasteiger partial charge in [0.15, 0.2) is 0 Å². The molecule has 1 fully saturated rings. The number of ether oxygens (including phenoxy) is 1. The van der Waals surface area contributed by atoms with Crippen LogP contribution < -0.4 is 0 Å². The van der Waals surface area contributed by atoms with E-state index in [1.807, 2.05) is 16.9 Å². The molecule has 0 saturated carbocycles. The lowest BCUT2D eigenvalue weighted by Crippen LogP contribution is -2.39. The fraction of sp³-hybridized carbons (Fsp3) is 0.692. The van der Waals surface area contributed by atoms with Crippen LogP contribution in [0.3, 0.4) is 0 Å². The van der Waals surface area contributed by atoms with E-state index in [1.165, 1.54) is 0 Å². The molecule has 1 aliphatic heterocycles. The second-order valence-corrected chi connectivity index (χ2v) is 5.26. The Morgan fingerprint density at radius 1 is 1.56 bits per heavy atom. The number of carbonyl (C=O) groups is 1. The number of carboxylic acid groups (broad SMARTS) is 1. The summed E-state index contributed by atoms with van der Waals surface area (Å²) in [4.78, 5) is 11.5. The summed E-state index contributed by atoms with van der Waals surface area (Å²) in [7, 11) is 0. The molecule has 5 nitrogen and oxygen atoms in total. The van der Waals surface area contributed by atoms with Crippen molar-refractivity contribution in [3.05, 3.63) is 18.0 Å². The quantitative estimate of drug-likeness (QED) is 0.888. The predicted octanol–water partition coefficient (Wildman–Crippen LogP) is 1.89. The van der Waals surface area contributed by atoms with Gasteiger partial charge in [-0.15, -0.1) is 0 Å². The van der Waals surface area contributed by atoms with Crippen molar-refractivity contribution >= 4 is 5.97 Å². The normalized spacial score (nSPS) is 19.1. The first-order valence-electron chi connectivity index (χ1n) is 6.39. The van der Waals surface area contributed by atoms with Crippen molar-refractivity contribution in [3.63, 3.8) is 0 Å². The monoisotopic (exact) mass is 252 g/mol. The molecule has 0 aliphatic carbocycles. The molecule has 0 spiro atoms. The van der Waals surface area contributed by atoms with E-state index in [-0.39, 0.29) is 0 Å². The molecule has 0 radical (unpaired) electrons. The van der Waals surface area contributed by atoms with Gasteiger partial charge in [0, 0.05) is 31.9 Å². The molecule has 1 aliphatic rings. The zero-order valence-electron chi connectivity index (χ0n) is 10.9. The topological polar surface area (TPSA) is 64.4 Å². The maximum atomic E-state index is 11.5. The van der Waals surface area contributed by atoms with E-state index in [0.717, 1.165) is 5.69 Å². The molecular formula is C13H20N2O3. The highest BCUT2D eigenvalue weighted by Crippen LogP contribution is 2.34. The first kappa shape index (κ1) is 13.1. The minimum Gasteiger partial charge on any atom is -0.481 e. The molecule has 1 aromatic heterocycles. The van der Waals surface area contributed by atoms with Crippen LogP contribution in [0.5, 0.6) is 0 Å². The zero-order valence-corrected chi connectivity index (χ0v) is 10.9. The van der Waals surface area contributed by atoms with Crippen molar-refractivity contribution in [1.82, 2.24) is 9.78 Å². The summed E-state index contributed by atoms with van der Waals surface area (Å²) in [6.45, 7) is 5.16. The van der Waals surface area contributed by atoms with Crippen molar-refractivity contribution in [2.45, 2.75) is 39.2 Å². The van der Waals surface area contributed by atoms with Crippen LogP contribution in [0, 0.1) is 5.41 Å². The molecule has 100 valence electrons. The largest absolute Gasteiger partial charge is 0.481 e. The summed E-state index contributed by atoms with van der Waals surface area (Å²) in [6, 6.07) is 2.22. The van der Waals surface area contributed by atoms with Crippen molar-refractivity contribution in [1.29, 1.82) is 0 Å². The van der Waals surface area contributed by atoms with Crippen LogP contribution in [0.15, 0.2) is 12.3 Å². The number of hydrogen-bond donors (Lipinski definition) is 1. The van der Waals surface area contributed by atoms with E-state index < -0.39 is 11.4 Å². The zero-order chi connectivity index (χ0) is 13.2. The average Bonchev–Trinajstić information content (AvgIpc) is 2.78. The Labute approximate surface area is 107 Å². The number of nitrogens with zero attached hydrogens (tertiary/aromatic N) is 2. The van der Waals surface area contributed by atoms with Gasteiger partial charge in [-0.25, -0.2) is 0 Å². The molecule has 0 bridgehead atoms. The van der Waals surface area contributed by atoms with Crippen LogP contribution in [0.2, 0.25) is 0 Å². The summed E-state index contributed by atoms with van der Waals surface area (Å²) in [5, 5.41) is 13.9. The molecular weight excluding hydrogens is 232 g/mol. The molecule has 0 atom stereocenters. The Morgan fingerprint density at radius 3 is 2.72 bits per heavy atom. The average molecular weight is 252 g/mol. The molecule has 0 amide bonds. The number of aromatic nitrogens is 2. The van der Waals surface area contributed by atoms with Crippen LogP contribution >= 0.6 is 0 Å². The van der Waals surface area contributed by atoms with E-state index in [9.17, 15) is 9.90 Å².